The van der Waals surface area contributed by atoms with Gasteiger partial charge in [-0.05, 0) is 43.6 Å². The molecule has 0 aromatic rings. The monoisotopic (exact) mass is 209 g/mol. The first kappa shape index (κ1) is 11.4. The summed E-state index contributed by atoms with van der Waals surface area (Å²) >= 11 is 0. The molecule has 0 radical (unpaired) electrons. The molecule has 1 aliphatic carbocycles. The Labute approximate surface area is 95.2 Å². The van der Waals surface area contributed by atoms with Crippen molar-refractivity contribution in [2.24, 2.45) is 17.3 Å². The summed E-state index contributed by atoms with van der Waals surface area (Å²) in [4.78, 5) is 2.48. The van der Waals surface area contributed by atoms with E-state index in [0.717, 1.165) is 11.8 Å². The van der Waals surface area contributed by atoms with E-state index in [4.69, 9.17) is 0 Å². The number of nitrogens with zero attached hydrogens (tertiary/aromatic N) is 1. The molecule has 0 amide bonds. The maximum absolute atomic E-state index is 2.59. The first-order valence-corrected chi connectivity index (χ1v) is 6.85. The fourth-order valence-corrected chi connectivity index (χ4v) is 3.98. The van der Waals surface area contributed by atoms with Gasteiger partial charge in [0.1, 0.15) is 0 Å². The number of likely N-dealkylation sites (tertiary alicyclic amines) is 1. The van der Waals surface area contributed by atoms with Crippen LogP contribution in [0.15, 0.2) is 0 Å². The number of rotatable bonds is 4. The smallest absolute Gasteiger partial charge is 0.00243 e. The van der Waals surface area contributed by atoms with Crippen molar-refractivity contribution in [2.45, 2.75) is 52.4 Å². The normalized spacial score (nSPS) is 29.0. The van der Waals surface area contributed by atoms with Crippen LogP contribution in [0, 0.1) is 17.3 Å². The van der Waals surface area contributed by atoms with E-state index in [1.807, 2.05) is 0 Å². The third-order valence-electron chi connectivity index (χ3n) is 5.07. The summed E-state index contributed by atoms with van der Waals surface area (Å²) < 4.78 is 0. The fourth-order valence-electron chi connectivity index (χ4n) is 3.98. The minimum Gasteiger partial charge on any atom is -0.306 e. The molecule has 0 spiro atoms. The number of hydrogen-bond acceptors (Lipinski definition) is 1. The highest BCUT2D eigenvalue weighted by Gasteiger charge is 2.45. The maximum Gasteiger partial charge on any atom is 0.00243 e. The summed E-state index contributed by atoms with van der Waals surface area (Å²) in [6.45, 7) is 7.65. The summed E-state index contributed by atoms with van der Waals surface area (Å²) in [5.41, 5.74) is 0.664. The molecule has 1 saturated heterocycles. The molecule has 1 atom stereocenters. The van der Waals surface area contributed by atoms with Crippen LogP contribution in [0.1, 0.15) is 52.4 Å². The lowest BCUT2D eigenvalue weighted by Crippen LogP contribution is -2.53. The van der Waals surface area contributed by atoms with Gasteiger partial charge in [-0.15, -0.1) is 0 Å². The van der Waals surface area contributed by atoms with Crippen LogP contribution in [0.3, 0.4) is 0 Å². The molecule has 0 aromatic carbocycles. The molecule has 0 N–H and O–H groups in total. The van der Waals surface area contributed by atoms with Crippen molar-refractivity contribution in [2.75, 3.05) is 20.1 Å². The van der Waals surface area contributed by atoms with E-state index in [-0.39, 0.29) is 0 Å². The average molecular weight is 209 g/mol. The first-order valence-electron chi connectivity index (χ1n) is 6.85. The van der Waals surface area contributed by atoms with Crippen molar-refractivity contribution in [1.82, 2.24) is 4.90 Å². The van der Waals surface area contributed by atoms with Gasteiger partial charge in [-0.25, -0.2) is 0 Å². The predicted octanol–water partition coefficient (Wildman–Crippen LogP) is 3.54. The van der Waals surface area contributed by atoms with Crippen molar-refractivity contribution in [1.29, 1.82) is 0 Å². The average Bonchev–Trinajstić information content (AvgIpc) is 2.66. The van der Waals surface area contributed by atoms with Crippen molar-refractivity contribution in [3.05, 3.63) is 0 Å². The van der Waals surface area contributed by atoms with Gasteiger partial charge < -0.3 is 4.90 Å². The molecule has 15 heavy (non-hydrogen) atoms. The third-order valence-corrected chi connectivity index (χ3v) is 5.07. The molecule has 0 unspecified atom stereocenters. The van der Waals surface area contributed by atoms with E-state index >= 15 is 0 Å². The van der Waals surface area contributed by atoms with Gasteiger partial charge in [0.2, 0.25) is 0 Å². The van der Waals surface area contributed by atoms with Crippen LogP contribution < -0.4 is 0 Å². The topological polar surface area (TPSA) is 3.24 Å². The Morgan fingerprint density at radius 3 is 2.20 bits per heavy atom. The Hall–Kier alpha value is -0.0400. The van der Waals surface area contributed by atoms with Crippen molar-refractivity contribution in [3.8, 4) is 0 Å². The van der Waals surface area contributed by atoms with Crippen LogP contribution in [-0.4, -0.2) is 25.0 Å². The van der Waals surface area contributed by atoms with E-state index in [1.165, 1.54) is 51.6 Å². The molecule has 0 aromatic heterocycles. The van der Waals surface area contributed by atoms with Crippen LogP contribution in [0.4, 0.5) is 0 Å². The summed E-state index contributed by atoms with van der Waals surface area (Å²) in [6.07, 6.45) is 8.83. The summed E-state index contributed by atoms with van der Waals surface area (Å²) in [5.74, 6) is 2.03. The standard InChI is InChI=1S/C14H27N/c1-4-9-14(2,12-7-5-6-8-12)13-10-15(3)11-13/h12-13H,4-11H2,1-3H3/t14-/m0/s1. The quantitative estimate of drug-likeness (QED) is 0.684. The lowest BCUT2D eigenvalue weighted by molar-refractivity contribution is -0.0213. The van der Waals surface area contributed by atoms with E-state index in [9.17, 15) is 0 Å². The summed E-state index contributed by atoms with van der Waals surface area (Å²) in [5, 5.41) is 0. The number of hydrogen-bond donors (Lipinski definition) is 0. The van der Waals surface area contributed by atoms with Gasteiger partial charge in [0.05, 0.1) is 0 Å². The Morgan fingerprint density at radius 2 is 1.73 bits per heavy atom. The van der Waals surface area contributed by atoms with Crippen LogP contribution in [0.5, 0.6) is 0 Å². The van der Waals surface area contributed by atoms with Gasteiger partial charge in [0, 0.05) is 13.1 Å². The molecule has 0 bridgehead atoms. The zero-order chi connectivity index (χ0) is 10.9. The summed E-state index contributed by atoms with van der Waals surface area (Å²) in [7, 11) is 2.26. The lowest BCUT2D eigenvalue weighted by Gasteiger charge is -2.51. The lowest BCUT2D eigenvalue weighted by atomic mass is 9.62. The Bertz CT molecular complexity index is 201. The minimum absolute atomic E-state index is 0.664. The van der Waals surface area contributed by atoms with Gasteiger partial charge in [-0.1, -0.05) is 33.1 Å². The molecule has 1 aliphatic heterocycles. The predicted molar refractivity (Wildman–Crippen MR) is 66.0 cm³/mol. The molecule has 2 rings (SSSR count). The van der Waals surface area contributed by atoms with Gasteiger partial charge in [-0.2, -0.15) is 0 Å². The molecule has 1 heteroatoms. The molecule has 1 nitrogen and oxygen atoms in total. The van der Waals surface area contributed by atoms with Gasteiger partial charge in [-0.3, -0.25) is 0 Å². The van der Waals surface area contributed by atoms with Crippen molar-refractivity contribution in [3.63, 3.8) is 0 Å². The first-order chi connectivity index (χ1) is 7.16. The molecule has 88 valence electrons. The maximum atomic E-state index is 2.59. The van der Waals surface area contributed by atoms with E-state index in [1.54, 1.807) is 0 Å². The zero-order valence-electron chi connectivity index (χ0n) is 10.8. The van der Waals surface area contributed by atoms with Gasteiger partial charge in [0.25, 0.3) is 0 Å². The van der Waals surface area contributed by atoms with E-state index in [2.05, 4.69) is 25.8 Å². The molecule has 2 aliphatic rings. The van der Waals surface area contributed by atoms with Crippen LogP contribution >= 0.6 is 0 Å². The van der Waals surface area contributed by atoms with E-state index < -0.39 is 0 Å². The largest absolute Gasteiger partial charge is 0.306 e. The Kier molecular flexibility index (Phi) is 3.39. The second-order valence-corrected chi connectivity index (χ2v) is 6.16. The zero-order valence-corrected chi connectivity index (χ0v) is 10.8. The van der Waals surface area contributed by atoms with E-state index in [0.29, 0.717) is 5.41 Å². The second-order valence-electron chi connectivity index (χ2n) is 6.16. The highest BCUT2D eigenvalue weighted by atomic mass is 15.2. The van der Waals surface area contributed by atoms with Crippen LogP contribution in [0.25, 0.3) is 0 Å². The molecule has 1 saturated carbocycles. The van der Waals surface area contributed by atoms with Crippen LogP contribution in [0.2, 0.25) is 0 Å². The van der Waals surface area contributed by atoms with Crippen LogP contribution in [-0.2, 0) is 0 Å². The Morgan fingerprint density at radius 1 is 1.13 bits per heavy atom. The minimum atomic E-state index is 0.664. The van der Waals surface area contributed by atoms with Gasteiger partial charge in [0.15, 0.2) is 0 Å². The molecular weight excluding hydrogens is 182 g/mol. The van der Waals surface area contributed by atoms with Gasteiger partial charge >= 0.3 is 0 Å². The highest BCUT2D eigenvalue weighted by molar-refractivity contribution is 4.96. The Balaban J connectivity index is 2.01. The van der Waals surface area contributed by atoms with Crippen molar-refractivity contribution >= 4 is 0 Å². The molecule has 2 fully saturated rings. The molecular formula is C14H27N. The third kappa shape index (κ3) is 2.08. The van der Waals surface area contributed by atoms with Crippen molar-refractivity contribution < 1.29 is 0 Å². The fraction of sp³-hybridized carbons (Fsp3) is 1.00. The second kappa shape index (κ2) is 4.45. The SMILES string of the molecule is CCC[C@@](C)(C1CCCC1)C1CN(C)C1. The molecule has 1 heterocycles. The summed E-state index contributed by atoms with van der Waals surface area (Å²) in [6, 6.07) is 0. The highest BCUT2D eigenvalue weighted by Crippen LogP contribution is 2.50.